The summed E-state index contributed by atoms with van der Waals surface area (Å²) in [5, 5.41) is 0. The van der Waals surface area contributed by atoms with Crippen molar-refractivity contribution in [1.29, 1.82) is 0 Å². The van der Waals surface area contributed by atoms with Crippen LogP contribution in [0, 0.1) is 5.92 Å². The quantitative estimate of drug-likeness (QED) is 0.797. The van der Waals surface area contributed by atoms with Crippen molar-refractivity contribution in [2.45, 2.75) is 83.6 Å². The number of ether oxygens (including phenoxy) is 5. The molecule has 3 aliphatic rings. The predicted molar refractivity (Wildman–Crippen MR) is 72.0 cm³/mol. The van der Waals surface area contributed by atoms with Crippen molar-refractivity contribution in [3.05, 3.63) is 0 Å². The van der Waals surface area contributed by atoms with E-state index in [4.69, 9.17) is 23.7 Å². The number of hydrogen-bond acceptors (Lipinski definition) is 5. The second-order valence-electron chi connectivity index (χ2n) is 6.89. The van der Waals surface area contributed by atoms with Crippen LogP contribution in [-0.4, -0.2) is 42.8 Å². The van der Waals surface area contributed by atoms with Crippen molar-refractivity contribution in [3.63, 3.8) is 0 Å². The third kappa shape index (κ3) is 2.62. The molecule has 3 saturated heterocycles. The van der Waals surface area contributed by atoms with Crippen molar-refractivity contribution >= 4 is 0 Å². The molecule has 3 fully saturated rings. The molecule has 5 heteroatoms. The highest BCUT2D eigenvalue weighted by Gasteiger charge is 2.57. The normalized spacial score (nSPS) is 45.8. The fourth-order valence-electron chi connectivity index (χ4n) is 3.50. The van der Waals surface area contributed by atoms with Crippen molar-refractivity contribution < 1.29 is 23.7 Å². The van der Waals surface area contributed by atoms with Crippen LogP contribution >= 0.6 is 0 Å². The van der Waals surface area contributed by atoms with E-state index in [1.165, 1.54) is 0 Å². The van der Waals surface area contributed by atoms with Gasteiger partial charge in [0.25, 0.3) is 0 Å². The monoisotopic (exact) mass is 286 g/mol. The Morgan fingerprint density at radius 3 is 2.30 bits per heavy atom. The van der Waals surface area contributed by atoms with Gasteiger partial charge in [0, 0.05) is 5.92 Å². The number of rotatable bonds is 3. The molecule has 3 heterocycles. The Hall–Kier alpha value is -0.200. The first-order chi connectivity index (χ1) is 9.31. The van der Waals surface area contributed by atoms with Gasteiger partial charge in [-0.25, -0.2) is 0 Å². The van der Waals surface area contributed by atoms with Gasteiger partial charge >= 0.3 is 0 Å². The van der Waals surface area contributed by atoms with Crippen LogP contribution in [-0.2, 0) is 23.7 Å². The van der Waals surface area contributed by atoms with Crippen LogP contribution in [0.2, 0.25) is 0 Å². The summed E-state index contributed by atoms with van der Waals surface area (Å²) in [6.07, 6.45) is 1.81. The van der Waals surface area contributed by atoms with Gasteiger partial charge in [0.2, 0.25) is 0 Å². The minimum Gasteiger partial charge on any atom is -0.348 e. The molecule has 116 valence electrons. The molecule has 5 nitrogen and oxygen atoms in total. The first-order valence-corrected chi connectivity index (χ1v) is 7.64. The van der Waals surface area contributed by atoms with Gasteiger partial charge in [0.1, 0.15) is 12.2 Å². The van der Waals surface area contributed by atoms with Gasteiger partial charge in [-0.2, -0.15) is 0 Å². The second kappa shape index (κ2) is 4.92. The molecule has 0 bridgehead atoms. The summed E-state index contributed by atoms with van der Waals surface area (Å²) in [6.45, 7) is 10.5. The summed E-state index contributed by atoms with van der Waals surface area (Å²) in [5.41, 5.74) is 0. The summed E-state index contributed by atoms with van der Waals surface area (Å²) in [6, 6.07) is 0. The van der Waals surface area contributed by atoms with E-state index < -0.39 is 11.6 Å². The first kappa shape index (κ1) is 14.7. The summed E-state index contributed by atoms with van der Waals surface area (Å²) < 4.78 is 29.6. The van der Waals surface area contributed by atoms with E-state index in [1.54, 1.807) is 0 Å². The van der Waals surface area contributed by atoms with Gasteiger partial charge in [-0.1, -0.05) is 13.3 Å². The molecule has 20 heavy (non-hydrogen) atoms. The Morgan fingerprint density at radius 1 is 0.950 bits per heavy atom. The smallest absolute Gasteiger partial charge is 0.187 e. The van der Waals surface area contributed by atoms with Crippen LogP contribution in [0.25, 0.3) is 0 Å². The fourth-order valence-corrected chi connectivity index (χ4v) is 3.50. The summed E-state index contributed by atoms with van der Waals surface area (Å²) in [4.78, 5) is 0. The lowest BCUT2D eigenvalue weighted by molar-refractivity contribution is -0.227. The maximum atomic E-state index is 6.11. The van der Waals surface area contributed by atoms with E-state index in [1.807, 2.05) is 27.7 Å². The fraction of sp³-hybridized carbons (Fsp3) is 1.00. The van der Waals surface area contributed by atoms with Crippen LogP contribution in [0.3, 0.4) is 0 Å². The zero-order valence-electron chi connectivity index (χ0n) is 13.0. The van der Waals surface area contributed by atoms with Crippen molar-refractivity contribution in [1.82, 2.24) is 0 Å². The highest BCUT2D eigenvalue weighted by molar-refractivity contribution is 4.97. The zero-order chi connectivity index (χ0) is 14.5. The van der Waals surface area contributed by atoms with Gasteiger partial charge in [0.05, 0.1) is 12.7 Å². The van der Waals surface area contributed by atoms with Crippen molar-refractivity contribution in [2.75, 3.05) is 6.61 Å². The molecule has 0 amide bonds. The van der Waals surface area contributed by atoms with E-state index in [0.717, 1.165) is 12.8 Å². The van der Waals surface area contributed by atoms with E-state index in [0.29, 0.717) is 12.5 Å². The Labute approximate surface area is 120 Å². The minimum absolute atomic E-state index is 0.00209. The minimum atomic E-state index is -0.557. The summed E-state index contributed by atoms with van der Waals surface area (Å²) >= 11 is 0. The standard InChI is InChI=1S/C15H26O5/c1-6-7-9-11(10-8-16-14(2,3)18-10)17-13-12(9)19-15(4,5)20-13/h9-13H,6-8H2,1-5H3/t9-,10?,11+,12-,13-/m1/s1. The maximum absolute atomic E-state index is 6.11. The zero-order valence-corrected chi connectivity index (χ0v) is 13.0. The van der Waals surface area contributed by atoms with E-state index >= 15 is 0 Å². The van der Waals surface area contributed by atoms with E-state index in [2.05, 4.69) is 6.92 Å². The molecular weight excluding hydrogens is 260 g/mol. The molecule has 0 spiro atoms. The van der Waals surface area contributed by atoms with Crippen molar-refractivity contribution in [3.8, 4) is 0 Å². The average molecular weight is 286 g/mol. The van der Waals surface area contributed by atoms with Crippen LogP contribution in [0.1, 0.15) is 47.5 Å². The topological polar surface area (TPSA) is 46.2 Å². The highest BCUT2D eigenvalue weighted by atomic mass is 16.8. The summed E-state index contributed by atoms with van der Waals surface area (Å²) in [5.74, 6) is -0.781. The largest absolute Gasteiger partial charge is 0.348 e. The summed E-state index contributed by atoms with van der Waals surface area (Å²) in [7, 11) is 0. The average Bonchev–Trinajstić information content (AvgIpc) is 2.91. The molecule has 0 N–H and O–H groups in total. The van der Waals surface area contributed by atoms with E-state index in [-0.39, 0.29) is 24.6 Å². The molecular formula is C15H26O5. The maximum Gasteiger partial charge on any atom is 0.187 e. The SMILES string of the molecule is CCC[C@H]1[C@H]2OC(C)(C)O[C@H]2O[C@@H]1C1COC(C)(C)O1. The van der Waals surface area contributed by atoms with Crippen LogP contribution in [0.5, 0.6) is 0 Å². The Balaban J connectivity index is 1.73. The molecule has 0 aromatic rings. The highest BCUT2D eigenvalue weighted by Crippen LogP contribution is 2.45. The molecule has 0 saturated carbocycles. The Bertz CT molecular complexity index is 367. The lowest BCUT2D eigenvalue weighted by atomic mass is 9.90. The Morgan fingerprint density at radius 2 is 1.70 bits per heavy atom. The van der Waals surface area contributed by atoms with Crippen LogP contribution in [0.15, 0.2) is 0 Å². The molecule has 5 atom stereocenters. The van der Waals surface area contributed by atoms with Gasteiger partial charge in [-0.3, -0.25) is 0 Å². The van der Waals surface area contributed by atoms with Gasteiger partial charge < -0.3 is 23.7 Å². The van der Waals surface area contributed by atoms with Gasteiger partial charge in [0.15, 0.2) is 17.9 Å². The first-order valence-electron chi connectivity index (χ1n) is 7.64. The molecule has 3 aliphatic heterocycles. The van der Waals surface area contributed by atoms with E-state index in [9.17, 15) is 0 Å². The third-order valence-electron chi connectivity index (χ3n) is 4.24. The van der Waals surface area contributed by atoms with Gasteiger partial charge in [-0.15, -0.1) is 0 Å². The lowest BCUT2D eigenvalue weighted by Crippen LogP contribution is -2.39. The molecule has 0 radical (unpaired) electrons. The molecule has 0 aromatic heterocycles. The van der Waals surface area contributed by atoms with Crippen LogP contribution in [0.4, 0.5) is 0 Å². The van der Waals surface area contributed by atoms with Crippen molar-refractivity contribution in [2.24, 2.45) is 5.92 Å². The Kier molecular flexibility index (Phi) is 3.62. The van der Waals surface area contributed by atoms with Gasteiger partial charge in [-0.05, 0) is 34.1 Å². The second-order valence-corrected chi connectivity index (χ2v) is 6.89. The number of fused-ring (bicyclic) bond motifs is 1. The number of hydrogen-bond donors (Lipinski definition) is 0. The van der Waals surface area contributed by atoms with Crippen LogP contribution < -0.4 is 0 Å². The lowest BCUT2D eigenvalue weighted by Gasteiger charge is -2.28. The molecule has 3 rings (SSSR count). The predicted octanol–water partition coefficient (Wildman–Crippen LogP) is 2.43. The third-order valence-corrected chi connectivity index (χ3v) is 4.24. The molecule has 1 unspecified atom stereocenters. The molecule has 0 aromatic carbocycles. The molecule has 0 aliphatic carbocycles.